The highest BCUT2D eigenvalue weighted by molar-refractivity contribution is 5.15. The highest BCUT2D eigenvalue weighted by atomic mass is 16.3. The Hall–Kier alpha value is -0.760. The third-order valence-electron chi connectivity index (χ3n) is 3.16. The number of nitrogens with one attached hydrogen (secondary N) is 1. The molecule has 0 unspecified atom stereocenters. The van der Waals surface area contributed by atoms with Crippen LogP contribution in [0.2, 0.25) is 0 Å². The minimum absolute atomic E-state index is 0.122. The first-order chi connectivity index (χ1) is 7.95. The molecule has 0 bridgehead atoms. The average molecular weight is 237 g/mol. The van der Waals surface area contributed by atoms with Gasteiger partial charge in [-0.05, 0) is 37.6 Å². The van der Waals surface area contributed by atoms with Crippen molar-refractivity contribution in [1.29, 1.82) is 0 Å². The monoisotopic (exact) mass is 237 g/mol. The van der Waals surface area contributed by atoms with Gasteiger partial charge in [0.05, 0.1) is 0 Å². The summed E-state index contributed by atoms with van der Waals surface area (Å²) < 4.78 is 5.85. The van der Waals surface area contributed by atoms with Crippen molar-refractivity contribution in [2.24, 2.45) is 5.92 Å². The smallest absolute Gasteiger partial charge is 0.109 e. The molecule has 0 aliphatic rings. The van der Waals surface area contributed by atoms with E-state index in [1.807, 2.05) is 0 Å². The van der Waals surface area contributed by atoms with Crippen LogP contribution in [0.4, 0.5) is 0 Å². The maximum absolute atomic E-state index is 5.85. The summed E-state index contributed by atoms with van der Waals surface area (Å²) in [7, 11) is 0. The Kier molecular flexibility index (Phi) is 5.26. The molecule has 17 heavy (non-hydrogen) atoms. The molecular weight excluding hydrogens is 210 g/mol. The highest BCUT2D eigenvalue weighted by Crippen LogP contribution is 2.28. The zero-order chi connectivity index (χ0) is 12.9. The number of rotatable bonds is 7. The number of hydrogen-bond acceptors (Lipinski definition) is 2. The lowest BCUT2D eigenvalue weighted by atomic mass is 9.86. The summed E-state index contributed by atoms with van der Waals surface area (Å²) in [5, 5.41) is 3.49. The molecule has 1 aromatic heterocycles. The minimum Gasteiger partial charge on any atom is -0.466 e. The van der Waals surface area contributed by atoms with Gasteiger partial charge in [-0.2, -0.15) is 0 Å². The van der Waals surface area contributed by atoms with Crippen LogP contribution in [0.3, 0.4) is 0 Å². The van der Waals surface area contributed by atoms with Gasteiger partial charge in [-0.15, -0.1) is 0 Å². The molecule has 0 fully saturated rings. The molecule has 2 nitrogen and oxygen atoms in total. The maximum atomic E-state index is 5.85. The van der Waals surface area contributed by atoms with Crippen molar-refractivity contribution in [3.05, 3.63) is 23.7 Å². The Labute approximate surface area is 106 Å². The summed E-state index contributed by atoms with van der Waals surface area (Å²) in [5.41, 5.74) is 0.122. The van der Waals surface area contributed by atoms with E-state index in [1.54, 1.807) is 0 Å². The lowest BCUT2D eigenvalue weighted by Gasteiger charge is -2.22. The lowest BCUT2D eigenvalue weighted by Crippen LogP contribution is -2.27. The van der Waals surface area contributed by atoms with E-state index in [0.29, 0.717) is 5.92 Å². The van der Waals surface area contributed by atoms with Crippen molar-refractivity contribution in [3.63, 3.8) is 0 Å². The molecule has 0 atom stereocenters. The van der Waals surface area contributed by atoms with Crippen molar-refractivity contribution in [2.45, 2.75) is 52.9 Å². The van der Waals surface area contributed by atoms with Gasteiger partial charge in [-0.1, -0.05) is 34.6 Å². The first-order valence-corrected chi connectivity index (χ1v) is 6.75. The van der Waals surface area contributed by atoms with Gasteiger partial charge in [0.2, 0.25) is 0 Å². The van der Waals surface area contributed by atoms with Crippen molar-refractivity contribution in [3.8, 4) is 0 Å². The summed E-state index contributed by atoms with van der Waals surface area (Å²) in [4.78, 5) is 0. The molecule has 0 aliphatic carbocycles. The molecule has 0 amide bonds. The molecule has 0 aliphatic heterocycles. The minimum atomic E-state index is 0.122. The van der Waals surface area contributed by atoms with Crippen molar-refractivity contribution >= 4 is 0 Å². The zero-order valence-corrected chi connectivity index (χ0v) is 12.0. The van der Waals surface area contributed by atoms with E-state index in [-0.39, 0.29) is 5.41 Å². The predicted molar refractivity (Wildman–Crippen MR) is 73.4 cm³/mol. The molecule has 2 heteroatoms. The van der Waals surface area contributed by atoms with Gasteiger partial charge in [0.15, 0.2) is 0 Å². The van der Waals surface area contributed by atoms with E-state index in [9.17, 15) is 0 Å². The second-order valence-corrected chi connectivity index (χ2v) is 5.85. The third-order valence-corrected chi connectivity index (χ3v) is 3.16. The Bertz CT molecular complexity index is 325. The third kappa shape index (κ3) is 4.55. The summed E-state index contributed by atoms with van der Waals surface area (Å²) in [5.74, 6) is 2.91. The predicted octanol–water partition coefficient (Wildman–Crippen LogP) is 3.76. The topological polar surface area (TPSA) is 25.2 Å². The van der Waals surface area contributed by atoms with Gasteiger partial charge in [0, 0.05) is 11.8 Å². The first kappa shape index (κ1) is 14.3. The Morgan fingerprint density at radius 3 is 2.53 bits per heavy atom. The van der Waals surface area contributed by atoms with Crippen LogP contribution in [-0.2, 0) is 11.8 Å². The second-order valence-electron chi connectivity index (χ2n) is 5.85. The largest absolute Gasteiger partial charge is 0.466 e. The SMILES string of the molecule is CCc1ccc(C(C)(C)CCNCC(C)C)o1. The van der Waals surface area contributed by atoms with Crippen molar-refractivity contribution in [1.82, 2.24) is 5.32 Å². The van der Waals surface area contributed by atoms with Gasteiger partial charge in [-0.3, -0.25) is 0 Å². The summed E-state index contributed by atoms with van der Waals surface area (Å²) in [6.45, 7) is 13.2. The Morgan fingerprint density at radius 2 is 2.00 bits per heavy atom. The molecule has 0 radical (unpaired) electrons. The van der Waals surface area contributed by atoms with E-state index >= 15 is 0 Å². The van der Waals surface area contributed by atoms with Gasteiger partial charge in [0.25, 0.3) is 0 Å². The molecule has 0 spiro atoms. The van der Waals surface area contributed by atoms with E-state index in [1.165, 1.54) is 0 Å². The molecule has 1 N–H and O–H groups in total. The van der Waals surface area contributed by atoms with Gasteiger partial charge >= 0.3 is 0 Å². The average Bonchev–Trinajstić information content (AvgIpc) is 2.73. The number of furan rings is 1. The van der Waals surface area contributed by atoms with Gasteiger partial charge in [-0.25, -0.2) is 0 Å². The van der Waals surface area contributed by atoms with E-state index in [2.05, 4.69) is 52.1 Å². The first-order valence-electron chi connectivity index (χ1n) is 6.75. The molecule has 98 valence electrons. The van der Waals surface area contributed by atoms with Gasteiger partial charge in [0.1, 0.15) is 11.5 Å². The standard InChI is InChI=1S/C15H27NO/c1-6-13-7-8-14(17-13)15(4,5)9-10-16-11-12(2)3/h7-8,12,16H,6,9-11H2,1-5H3. The van der Waals surface area contributed by atoms with E-state index in [0.717, 1.165) is 37.5 Å². The maximum Gasteiger partial charge on any atom is 0.109 e. The van der Waals surface area contributed by atoms with Crippen LogP contribution in [0.5, 0.6) is 0 Å². The van der Waals surface area contributed by atoms with E-state index < -0.39 is 0 Å². The summed E-state index contributed by atoms with van der Waals surface area (Å²) >= 11 is 0. The highest BCUT2D eigenvalue weighted by Gasteiger charge is 2.23. The van der Waals surface area contributed by atoms with Crippen LogP contribution in [0.25, 0.3) is 0 Å². The molecule has 1 rings (SSSR count). The number of aryl methyl sites for hydroxylation is 1. The Morgan fingerprint density at radius 1 is 1.29 bits per heavy atom. The van der Waals surface area contributed by atoms with Crippen LogP contribution in [-0.4, -0.2) is 13.1 Å². The Balaban J connectivity index is 2.44. The van der Waals surface area contributed by atoms with Gasteiger partial charge < -0.3 is 9.73 Å². The van der Waals surface area contributed by atoms with Crippen LogP contribution in [0, 0.1) is 5.92 Å². The fourth-order valence-corrected chi connectivity index (χ4v) is 1.85. The van der Waals surface area contributed by atoms with Crippen molar-refractivity contribution in [2.75, 3.05) is 13.1 Å². The normalized spacial score (nSPS) is 12.4. The second kappa shape index (κ2) is 6.25. The fraction of sp³-hybridized carbons (Fsp3) is 0.733. The molecule has 1 heterocycles. The van der Waals surface area contributed by atoms with Crippen LogP contribution >= 0.6 is 0 Å². The lowest BCUT2D eigenvalue weighted by molar-refractivity contribution is 0.343. The molecule has 1 aromatic rings. The molecule has 0 saturated heterocycles. The molecular formula is C15H27NO. The van der Waals surface area contributed by atoms with Crippen LogP contribution in [0.1, 0.15) is 52.6 Å². The quantitative estimate of drug-likeness (QED) is 0.731. The fourth-order valence-electron chi connectivity index (χ4n) is 1.85. The van der Waals surface area contributed by atoms with Crippen molar-refractivity contribution < 1.29 is 4.42 Å². The van der Waals surface area contributed by atoms with Crippen LogP contribution in [0.15, 0.2) is 16.5 Å². The molecule has 0 aromatic carbocycles. The summed E-state index contributed by atoms with van der Waals surface area (Å²) in [6, 6.07) is 4.22. The summed E-state index contributed by atoms with van der Waals surface area (Å²) in [6.07, 6.45) is 2.08. The zero-order valence-electron chi connectivity index (χ0n) is 12.0. The number of hydrogen-bond donors (Lipinski definition) is 1. The van der Waals surface area contributed by atoms with E-state index in [4.69, 9.17) is 4.42 Å². The van der Waals surface area contributed by atoms with Crippen LogP contribution < -0.4 is 5.32 Å². The molecule has 0 saturated carbocycles.